The number of pyridine rings is 1. The van der Waals surface area contributed by atoms with E-state index < -0.39 is 0 Å². The summed E-state index contributed by atoms with van der Waals surface area (Å²) in [5.74, 6) is 0.200. The molecule has 2 aromatic heterocycles. The summed E-state index contributed by atoms with van der Waals surface area (Å²) in [6.45, 7) is 1.81. The van der Waals surface area contributed by atoms with E-state index in [-0.39, 0.29) is 12.4 Å². The van der Waals surface area contributed by atoms with Crippen LogP contribution in [0, 0.1) is 11.8 Å². The fourth-order valence-electron chi connectivity index (χ4n) is 2.29. The molecule has 0 radical (unpaired) electrons. The summed E-state index contributed by atoms with van der Waals surface area (Å²) in [6, 6.07) is 8.92. The van der Waals surface area contributed by atoms with Crippen LogP contribution in [0.2, 0.25) is 5.02 Å². The van der Waals surface area contributed by atoms with Gasteiger partial charge in [0.05, 0.1) is 6.61 Å². The van der Waals surface area contributed by atoms with E-state index in [1.165, 1.54) is 0 Å². The standard InChI is InChI=1S/C15H12ClN3O2/c1-9-2-4-11(16)6-12(9)14-15(18-21)19-7-10(8-20)3-5-13(19)17-14/h2-7,20H,8H2,1H3. The van der Waals surface area contributed by atoms with E-state index in [2.05, 4.69) is 10.2 Å². The first-order valence-electron chi connectivity index (χ1n) is 6.35. The maximum absolute atomic E-state index is 11.3. The van der Waals surface area contributed by atoms with Gasteiger partial charge in [0.1, 0.15) is 11.3 Å². The van der Waals surface area contributed by atoms with Gasteiger partial charge in [0, 0.05) is 16.8 Å². The molecule has 2 heterocycles. The van der Waals surface area contributed by atoms with E-state index in [1.807, 2.05) is 13.0 Å². The summed E-state index contributed by atoms with van der Waals surface area (Å²) in [5, 5.41) is 12.9. The highest BCUT2D eigenvalue weighted by atomic mass is 35.5. The van der Waals surface area contributed by atoms with Crippen LogP contribution in [-0.4, -0.2) is 14.5 Å². The fourth-order valence-corrected chi connectivity index (χ4v) is 2.46. The molecule has 21 heavy (non-hydrogen) atoms. The number of aromatic nitrogens is 2. The first-order chi connectivity index (χ1) is 10.1. The van der Waals surface area contributed by atoms with E-state index in [9.17, 15) is 10.0 Å². The number of hydrogen-bond acceptors (Lipinski definition) is 4. The van der Waals surface area contributed by atoms with Crippen LogP contribution in [0.4, 0.5) is 5.82 Å². The van der Waals surface area contributed by atoms with Gasteiger partial charge in [0.2, 0.25) is 5.82 Å². The van der Waals surface area contributed by atoms with Crippen molar-refractivity contribution in [2.45, 2.75) is 13.5 Å². The molecule has 1 N–H and O–H groups in total. The van der Waals surface area contributed by atoms with Crippen LogP contribution < -0.4 is 0 Å². The predicted molar refractivity (Wildman–Crippen MR) is 81.8 cm³/mol. The number of benzene rings is 1. The molecular weight excluding hydrogens is 290 g/mol. The molecule has 0 aliphatic heterocycles. The molecule has 0 spiro atoms. The summed E-state index contributed by atoms with van der Waals surface area (Å²) in [5.41, 5.74) is 3.48. The number of nitroso groups, excluding NO2 is 1. The first kappa shape index (κ1) is 13.7. The molecule has 5 nitrogen and oxygen atoms in total. The Bertz CT molecular complexity index is 842. The van der Waals surface area contributed by atoms with Crippen molar-refractivity contribution in [2.24, 2.45) is 5.18 Å². The molecule has 0 unspecified atom stereocenters. The lowest BCUT2D eigenvalue weighted by Gasteiger charge is -2.03. The van der Waals surface area contributed by atoms with Crippen molar-refractivity contribution < 1.29 is 5.11 Å². The van der Waals surface area contributed by atoms with E-state index in [0.29, 0.717) is 21.9 Å². The third-order valence-corrected chi connectivity index (χ3v) is 3.61. The van der Waals surface area contributed by atoms with E-state index in [4.69, 9.17) is 11.6 Å². The maximum atomic E-state index is 11.3. The monoisotopic (exact) mass is 301 g/mol. The Balaban J connectivity index is 2.32. The lowest BCUT2D eigenvalue weighted by molar-refractivity contribution is 0.281. The maximum Gasteiger partial charge on any atom is 0.209 e. The molecule has 0 aliphatic carbocycles. The third kappa shape index (κ3) is 2.30. The van der Waals surface area contributed by atoms with Crippen LogP contribution >= 0.6 is 11.6 Å². The first-order valence-corrected chi connectivity index (χ1v) is 6.73. The molecule has 106 valence electrons. The van der Waals surface area contributed by atoms with Gasteiger partial charge in [-0.25, -0.2) is 4.98 Å². The average molecular weight is 302 g/mol. The van der Waals surface area contributed by atoms with Gasteiger partial charge in [-0.3, -0.25) is 4.40 Å². The normalized spacial score (nSPS) is 11.0. The van der Waals surface area contributed by atoms with Crippen molar-refractivity contribution in [3.05, 3.63) is 57.6 Å². The molecule has 1 aromatic carbocycles. The molecule has 6 heteroatoms. The summed E-state index contributed by atoms with van der Waals surface area (Å²) in [4.78, 5) is 15.7. The van der Waals surface area contributed by atoms with E-state index in [1.54, 1.807) is 34.9 Å². The predicted octanol–water partition coefficient (Wildman–Crippen LogP) is 3.85. The number of imidazole rings is 1. The molecule has 0 atom stereocenters. The number of aliphatic hydroxyl groups excluding tert-OH is 1. The second kappa shape index (κ2) is 5.27. The van der Waals surface area contributed by atoms with E-state index in [0.717, 1.165) is 11.1 Å². The Labute approximate surface area is 125 Å². The van der Waals surface area contributed by atoms with Gasteiger partial charge in [-0.05, 0) is 41.4 Å². The number of aryl methyl sites for hydroxylation is 1. The Morgan fingerprint density at radius 2 is 2.14 bits per heavy atom. The SMILES string of the molecule is Cc1ccc(Cl)cc1-c1nc2ccc(CO)cn2c1N=O. The number of fused-ring (bicyclic) bond motifs is 1. The molecule has 3 rings (SSSR count). The zero-order valence-electron chi connectivity index (χ0n) is 11.2. The van der Waals surface area contributed by atoms with Gasteiger partial charge >= 0.3 is 0 Å². The largest absolute Gasteiger partial charge is 0.392 e. The lowest BCUT2D eigenvalue weighted by Crippen LogP contribution is -1.89. The minimum absolute atomic E-state index is 0.113. The number of nitrogens with zero attached hydrogens (tertiary/aromatic N) is 3. The topological polar surface area (TPSA) is 67.0 Å². The molecule has 0 fully saturated rings. The fraction of sp³-hybridized carbons (Fsp3) is 0.133. The highest BCUT2D eigenvalue weighted by Gasteiger charge is 2.17. The Morgan fingerprint density at radius 1 is 1.33 bits per heavy atom. The Morgan fingerprint density at radius 3 is 2.86 bits per heavy atom. The van der Waals surface area contributed by atoms with Gasteiger partial charge in [-0.2, -0.15) is 0 Å². The third-order valence-electron chi connectivity index (χ3n) is 3.38. The van der Waals surface area contributed by atoms with Crippen LogP contribution in [0.15, 0.2) is 41.7 Å². The second-order valence-electron chi connectivity index (χ2n) is 4.76. The summed E-state index contributed by atoms with van der Waals surface area (Å²) in [6.07, 6.45) is 1.66. The molecule has 0 bridgehead atoms. The van der Waals surface area contributed by atoms with Crippen LogP contribution in [0.25, 0.3) is 16.9 Å². The molecule has 0 amide bonds. The minimum Gasteiger partial charge on any atom is -0.392 e. The van der Waals surface area contributed by atoms with Crippen molar-refractivity contribution in [1.82, 2.24) is 9.38 Å². The number of halogens is 1. The molecule has 0 aliphatic rings. The highest BCUT2D eigenvalue weighted by molar-refractivity contribution is 6.30. The minimum atomic E-state index is -0.113. The van der Waals surface area contributed by atoms with Crippen LogP contribution in [0.1, 0.15) is 11.1 Å². The molecular formula is C15H12ClN3O2. The van der Waals surface area contributed by atoms with Crippen molar-refractivity contribution in [1.29, 1.82) is 0 Å². The van der Waals surface area contributed by atoms with Crippen LogP contribution in [-0.2, 0) is 6.61 Å². The summed E-state index contributed by atoms with van der Waals surface area (Å²) >= 11 is 6.03. The summed E-state index contributed by atoms with van der Waals surface area (Å²) < 4.78 is 1.58. The molecule has 0 saturated heterocycles. The highest BCUT2D eigenvalue weighted by Crippen LogP contribution is 2.34. The Kier molecular flexibility index (Phi) is 3.45. The summed E-state index contributed by atoms with van der Waals surface area (Å²) in [7, 11) is 0. The smallest absolute Gasteiger partial charge is 0.209 e. The van der Waals surface area contributed by atoms with Gasteiger partial charge in [-0.1, -0.05) is 23.7 Å². The van der Waals surface area contributed by atoms with Crippen LogP contribution in [0.5, 0.6) is 0 Å². The zero-order valence-corrected chi connectivity index (χ0v) is 12.0. The van der Waals surface area contributed by atoms with Gasteiger partial charge < -0.3 is 5.11 Å². The van der Waals surface area contributed by atoms with Crippen LogP contribution in [0.3, 0.4) is 0 Å². The average Bonchev–Trinajstić information content (AvgIpc) is 2.86. The quantitative estimate of drug-likeness (QED) is 0.747. The molecule has 3 aromatic rings. The van der Waals surface area contributed by atoms with Gasteiger partial charge in [0.15, 0.2) is 0 Å². The van der Waals surface area contributed by atoms with Crippen molar-refractivity contribution in [3.8, 4) is 11.3 Å². The number of rotatable bonds is 3. The van der Waals surface area contributed by atoms with Crippen molar-refractivity contribution in [3.63, 3.8) is 0 Å². The van der Waals surface area contributed by atoms with Crippen molar-refractivity contribution >= 4 is 23.1 Å². The second-order valence-corrected chi connectivity index (χ2v) is 5.19. The zero-order chi connectivity index (χ0) is 15.0. The molecule has 0 saturated carbocycles. The van der Waals surface area contributed by atoms with E-state index >= 15 is 0 Å². The number of hydrogen-bond donors (Lipinski definition) is 1. The van der Waals surface area contributed by atoms with Crippen molar-refractivity contribution in [2.75, 3.05) is 0 Å². The van der Waals surface area contributed by atoms with Gasteiger partial charge in [-0.15, -0.1) is 4.91 Å². The van der Waals surface area contributed by atoms with Gasteiger partial charge in [0.25, 0.3) is 0 Å². The Hall–Kier alpha value is -2.24. The lowest BCUT2D eigenvalue weighted by atomic mass is 10.1. The number of aliphatic hydroxyl groups is 1.